The zero-order valence-corrected chi connectivity index (χ0v) is 14.0. The second kappa shape index (κ2) is 6.80. The van der Waals surface area contributed by atoms with Crippen molar-refractivity contribution in [3.63, 3.8) is 0 Å². The molecule has 0 saturated carbocycles. The Morgan fingerprint density at radius 2 is 1.85 bits per heavy atom. The first-order valence-corrected chi connectivity index (χ1v) is 8.50. The molecule has 0 aliphatic carbocycles. The fourth-order valence-electron chi connectivity index (χ4n) is 3.48. The van der Waals surface area contributed by atoms with Crippen LogP contribution in [-0.2, 0) is 6.54 Å². The van der Waals surface area contributed by atoms with Gasteiger partial charge in [0.15, 0.2) is 0 Å². The molecule has 4 rings (SSSR count). The Bertz CT molecular complexity index is 941. The van der Waals surface area contributed by atoms with E-state index in [1.165, 1.54) is 12.1 Å². The predicted molar refractivity (Wildman–Crippen MR) is 96.4 cm³/mol. The Hall–Kier alpha value is -2.86. The summed E-state index contributed by atoms with van der Waals surface area (Å²) in [7, 11) is 0. The van der Waals surface area contributed by atoms with Crippen LogP contribution in [0.2, 0.25) is 0 Å². The number of nitrogen functional groups attached to an aromatic ring is 1. The van der Waals surface area contributed by atoms with Crippen LogP contribution in [0.15, 0.2) is 48.5 Å². The zero-order chi connectivity index (χ0) is 18.1. The maximum Gasteiger partial charge on any atom is 0.146 e. The van der Waals surface area contributed by atoms with Crippen LogP contribution >= 0.6 is 0 Å². The lowest BCUT2D eigenvalue weighted by Gasteiger charge is -2.19. The average Bonchev–Trinajstić information content (AvgIpc) is 2.86. The minimum absolute atomic E-state index is 0.192. The number of hydrogen-bond donors (Lipinski definition) is 2. The quantitative estimate of drug-likeness (QED) is 0.739. The summed E-state index contributed by atoms with van der Waals surface area (Å²) in [5.41, 5.74) is 9.69. The number of anilines is 1. The first-order chi connectivity index (χ1) is 12.6. The van der Waals surface area contributed by atoms with Crippen LogP contribution in [0.3, 0.4) is 0 Å². The van der Waals surface area contributed by atoms with Gasteiger partial charge < -0.3 is 11.1 Å². The Morgan fingerprint density at radius 1 is 0.962 bits per heavy atom. The number of nitrogens with two attached hydrogens (primary N) is 1. The van der Waals surface area contributed by atoms with E-state index in [-0.39, 0.29) is 11.7 Å². The normalized spacial score (nSPS) is 16.8. The van der Waals surface area contributed by atoms with Gasteiger partial charge in [-0.3, -0.25) is 0 Å². The molecule has 1 aromatic heterocycles. The molecule has 132 valence electrons. The lowest BCUT2D eigenvalue weighted by atomic mass is 9.85. The average molecular weight is 352 g/mol. The fourth-order valence-corrected chi connectivity index (χ4v) is 3.48. The molecule has 1 unspecified atom stereocenters. The van der Waals surface area contributed by atoms with E-state index in [1.54, 1.807) is 6.07 Å². The van der Waals surface area contributed by atoms with Crippen molar-refractivity contribution in [1.82, 2.24) is 15.5 Å². The van der Waals surface area contributed by atoms with Crippen LogP contribution in [0.1, 0.15) is 29.0 Å². The lowest BCUT2D eigenvalue weighted by Crippen LogP contribution is -2.13. The van der Waals surface area contributed by atoms with Gasteiger partial charge in [0.25, 0.3) is 0 Å². The largest absolute Gasteiger partial charge is 0.382 e. The van der Waals surface area contributed by atoms with Gasteiger partial charge in [0.1, 0.15) is 17.5 Å². The number of nitrogens with zero attached hydrogens (tertiary/aromatic N) is 2. The van der Waals surface area contributed by atoms with Gasteiger partial charge in [0.05, 0.1) is 5.69 Å². The van der Waals surface area contributed by atoms with E-state index in [0.717, 1.165) is 35.0 Å². The third kappa shape index (κ3) is 3.15. The van der Waals surface area contributed by atoms with Gasteiger partial charge in [-0.25, -0.2) is 8.78 Å². The van der Waals surface area contributed by atoms with Crippen LogP contribution in [-0.4, -0.2) is 16.7 Å². The van der Waals surface area contributed by atoms with Crippen molar-refractivity contribution in [3.8, 4) is 11.3 Å². The van der Waals surface area contributed by atoms with Crippen LogP contribution in [0, 0.1) is 11.6 Å². The van der Waals surface area contributed by atoms with E-state index < -0.39 is 5.82 Å². The smallest absolute Gasteiger partial charge is 0.146 e. The van der Waals surface area contributed by atoms with Gasteiger partial charge in [-0.15, -0.1) is 10.2 Å². The van der Waals surface area contributed by atoms with Gasteiger partial charge in [0, 0.05) is 18.0 Å². The molecule has 2 aromatic carbocycles. The summed E-state index contributed by atoms with van der Waals surface area (Å²) in [6.45, 7) is 1.39. The van der Waals surface area contributed by atoms with E-state index in [4.69, 9.17) is 5.73 Å². The molecular formula is C20H18F2N4. The third-order valence-electron chi connectivity index (χ3n) is 4.76. The Balaban J connectivity index is 1.78. The van der Waals surface area contributed by atoms with Crippen molar-refractivity contribution < 1.29 is 8.78 Å². The molecule has 4 nitrogen and oxygen atoms in total. The molecule has 0 bridgehead atoms. The molecule has 3 N–H and O–H groups in total. The lowest BCUT2D eigenvalue weighted by molar-refractivity contribution is 0.562. The summed E-state index contributed by atoms with van der Waals surface area (Å²) in [6.07, 6.45) is 0.703. The molecule has 0 amide bonds. The van der Waals surface area contributed by atoms with E-state index in [2.05, 4.69) is 15.5 Å². The molecule has 1 atom stereocenters. The van der Waals surface area contributed by atoms with E-state index >= 15 is 0 Å². The predicted octanol–water partition coefficient (Wildman–Crippen LogP) is 3.63. The minimum Gasteiger partial charge on any atom is -0.382 e. The van der Waals surface area contributed by atoms with Gasteiger partial charge in [-0.1, -0.05) is 12.1 Å². The molecular weight excluding hydrogens is 334 g/mol. The Kier molecular flexibility index (Phi) is 4.34. The molecule has 0 saturated heterocycles. The van der Waals surface area contributed by atoms with Crippen LogP contribution in [0.25, 0.3) is 11.3 Å². The molecule has 1 aliphatic rings. The number of fused-ring (bicyclic) bond motifs is 1. The zero-order valence-electron chi connectivity index (χ0n) is 14.0. The van der Waals surface area contributed by atoms with E-state index in [9.17, 15) is 8.78 Å². The molecule has 0 radical (unpaired) electrons. The van der Waals surface area contributed by atoms with Crippen molar-refractivity contribution in [2.45, 2.75) is 18.9 Å². The van der Waals surface area contributed by atoms with Crippen LogP contribution in [0.5, 0.6) is 0 Å². The topological polar surface area (TPSA) is 63.8 Å². The number of nitrogens with one attached hydrogen (secondary N) is 1. The number of rotatable bonds is 2. The monoisotopic (exact) mass is 352 g/mol. The van der Waals surface area contributed by atoms with E-state index in [1.807, 2.05) is 24.3 Å². The number of benzene rings is 2. The van der Waals surface area contributed by atoms with Gasteiger partial charge in [-0.05, 0) is 66.1 Å². The summed E-state index contributed by atoms with van der Waals surface area (Å²) in [4.78, 5) is 0. The second-order valence-electron chi connectivity index (χ2n) is 6.44. The highest BCUT2D eigenvalue weighted by Crippen LogP contribution is 2.35. The molecule has 0 fully saturated rings. The Morgan fingerprint density at radius 3 is 2.65 bits per heavy atom. The van der Waals surface area contributed by atoms with Crippen molar-refractivity contribution >= 4 is 5.82 Å². The minimum atomic E-state index is -0.422. The first kappa shape index (κ1) is 16.6. The molecule has 1 aliphatic heterocycles. The van der Waals surface area contributed by atoms with Crippen LogP contribution in [0.4, 0.5) is 14.6 Å². The standard InChI is InChI=1S/C20H18F2N4/c21-14-2-4-18(22)17(10-14)16-7-8-24-11-13-9-12(1-3-15(13)16)19-5-6-20(23)26-25-19/h1-6,9-10,16,24H,7-8,11H2,(H2,23,26). The highest BCUT2D eigenvalue weighted by atomic mass is 19.1. The highest BCUT2D eigenvalue weighted by molar-refractivity contribution is 5.62. The van der Waals surface area contributed by atoms with Crippen molar-refractivity contribution in [2.75, 3.05) is 12.3 Å². The maximum atomic E-state index is 14.3. The van der Waals surface area contributed by atoms with Crippen molar-refractivity contribution in [1.29, 1.82) is 0 Å². The van der Waals surface area contributed by atoms with Gasteiger partial charge in [0.2, 0.25) is 0 Å². The molecule has 6 heteroatoms. The second-order valence-corrected chi connectivity index (χ2v) is 6.44. The Labute approximate surface area is 150 Å². The van der Waals surface area contributed by atoms with Gasteiger partial charge in [-0.2, -0.15) is 0 Å². The number of hydrogen-bond acceptors (Lipinski definition) is 4. The van der Waals surface area contributed by atoms with Crippen molar-refractivity contribution in [3.05, 3.63) is 76.9 Å². The van der Waals surface area contributed by atoms with Crippen LogP contribution < -0.4 is 11.1 Å². The maximum absolute atomic E-state index is 14.3. The van der Waals surface area contributed by atoms with E-state index in [0.29, 0.717) is 24.3 Å². The summed E-state index contributed by atoms with van der Waals surface area (Å²) in [6, 6.07) is 13.1. The van der Waals surface area contributed by atoms with Gasteiger partial charge >= 0.3 is 0 Å². The first-order valence-electron chi connectivity index (χ1n) is 8.50. The number of halogens is 2. The summed E-state index contributed by atoms with van der Waals surface area (Å²) in [5, 5.41) is 11.4. The fraction of sp³-hybridized carbons (Fsp3) is 0.200. The molecule has 2 heterocycles. The summed E-state index contributed by atoms with van der Waals surface area (Å²) < 4.78 is 28.0. The molecule has 3 aromatic rings. The molecule has 0 spiro atoms. The number of aromatic nitrogens is 2. The highest BCUT2D eigenvalue weighted by Gasteiger charge is 2.23. The SMILES string of the molecule is Nc1ccc(-c2ccc3c(c2)CNCCC3c2cc(F)ccc2F)nn1. The summed E-state index contributed by atoms with van der Waals surface area (Å²) >= 11 is 0. The summed E-state index contributed by atoms with van der Waals surface area (Å²) in [5.74, 6) is -0.624. The van der Waals surface area contributed by atoms with Crippen molar-refractivity contribution in [2.24, 2.45) is 0 Å². The third-order valence-corrected chi connectivity index (χ3v) is 4.76. The molecule has 26 heavy (non-hydrogen) atoms.